The lowest BCUT2D eigenvalue weighted by molar-refractivity contribution is 0.669. The van der Waals surface area contributed by atoms with Gasteiger partial charge in [0.2, 0.25) is 0 Å². The van der Waals surface area contributed by atoms with Crippen LogP contribution in [0.1, 0.15) is 13.7 Å². The first-order chi connectivity index (χ1) is 28.9. The summed E-state index contributed by atoms with van der Waals surface area (Å²) in [7, 11) is 0. The van der Waals surface area contributed by atoms with Crippen LogP contribution >= 0.6 is 0 Å². The SMILES string of the molecule is [2H]c1c([2H])c([2H])c(-c2nc(-c3ccc4c(c3)oc3cccc(-n5c6ccccc6c6ccc(-c7ccccc7)cc65)c34)nc(-c3c([2H])c([2H])c([2H])c([2H])c3[2H])n2)c([2H])c1[2H]. The molecule has 0 spiro atoms. The lowest BCUT2D eigenvalue weighted by Gasteiger charge is -2.11. The summed E-state index contributed by atoms with van der Waals surface area (Å²) in [6.45, 7) is 0. The van der Waals surface area contributed by atoms with E-state index in [9.17, 15) is 0 Å². The molecule has 0 aliphatic rings. The van der Waals surface area contributed by atoms with Crippen molar-refractivity contribution < 1.29 is 18.1 Å². The molecule has 0 amide bonds. The van der Waals surface area contributed by atoms with Gasteiger partial charge in [0.25, 0.3) is 0 Å². The number of nitrogens with zero attached hydrogens (tertiary/aromatic N) is 4. The van der Waals surface area contributed by atoms with Gasteiger partial charge in [0.15, 0.2) is 17.5 Å². The Morgan fingerprint density at radius 3 is 1.80 bits per heavy atom. The fourth-order valence-electron chi connectivity index (χ4n) is 6.63. The Hall–Kier alpha value is -6.85. The second kappa shape index (κ2) is 11.4. The molecule has 0 N–H and O–H groups in total. The Kier molecular flexibility index (Phi) is 4.52. The molecule has 0 radical (unpaired) electrons. The van der Waals surface area contributed by atoms with Crippen LogP contribution in [0, 0.1) is 0 Å². The van der Waals surface area contributed by atoms with Gasteiger partial charge in [-0.25, -0.2) is 15.0 Å². The van der Waals surface area contributed by atoms with E-state index in [4.69, 9.17) is 18.1 Å². The van der Waals surface area contributed by atoms with Crippen LogP contribution in [-0.2, 0) is 0 Å². The summed E-state index contributed by atoms with van der Waals surface area (Å²) in [5.74, 6) is -0.730. The molecule has 0 atom stereocenters. The van der Waals surface area contributed by atoms with E-state index >= 15 is 0 Å². The van der Waals surface area contributed by atoms with Gasteiger partial charge < -0.3 is 8.98 Å². The molecule has 7 aromatic carbocycles. The van der Waals surface area contributed by atoms with Gasteiger partial charge in [-0.1, -0.05) is 133 Å². The summed E-state index contributed by atoms with van der Waals surface area (Å²) in [5.41, 5.74) is 5.87. The Morgan fingerprint density at radius 2 is 1.06 bits per heavy atom. The minimum Gasteiger partial charge on any atom is -0.456 e. The van der Waals surface area contributed by atoms with Gasteiger partial charge in [-0.05, 0) is 47.5 Å². The van der Waals surface area contributed by atoms with Crippen LogP contribution < -0.4 is 0 Å². The van der Waals surface area contributed by atoms with E-state index in [1.807, 2.05) is 48.5 Å². The molecule has 0 unspecified atom stereocenters. The maximum atomic E-state index is 8.66. The Labute approximate surface area is 301 Å². The molecule has 0 fully saturated rings. The quantitative estimate of drug-likeness (QED) is 0.186. The first kappa shape index (κ1) is 19.8. The largest absolute Gasteiger partial charge is 0.456 e. The molecule has 10 rings (SSSR count). The minimum atomic E-state index is -0.614. The van der Waals surface area contributed by atoms with Crippen molar-refractivity contribution in [3.8, 4) is 51.0 Å². The lowest BCUT2D eigenvalue weighted by Crippen LogP contribution is -2.00. The highest BCUT2D eigenvalue weighted by atomic mass is 16.3. The van der Waals surface area contributed by atoms with Gasteiger partial charge >= 0.3 is 0 Å². The van der Waals surface area contributed by atoms with Crippen LogP contribution in [0.4, 0.5) is 0 Å². The lowest BCUT2D eigenvalue weighted by atomic mass is 10.0. The number of para-hydroxylation sites is 1. The predicted octanol–water partition coefficient (Wildman–Crippen LogP) is 11.5. The number of furan rings is 1. The average Bonchev–Trinajstić information content (AvgIpc) is 3.82. The monoisotopic (exact) mass is 650 g/mol. The van der Waals surface area contributed by atoms with Crippen LogP contribution in [0.3, 0.4) is 0 Å². The molecule has 0 aliphatic heterocycles. The highest BCUT2D eigenvalue weighted by Gasteiger charge is 2.19. The molecule has 0 bridgehead atoms. The smallest absolute Gasteiger partial charge is 0.164 e. The zero-order valence-electron chi connectivity index (χ0n) is 36.1. The Balaban J connectivity index is 1.20. The number of rotatable bonds is 5. The van der Waals surface area contributed by atoms with Crippen molar-refractivity contribution in [2.45, 2.75) is 0 Å². The van der Waals surface area contributed by atoms with E-state index in [2.05, 4.69) is 68.0 Å². The second-order valence-corrected chi connectivity index (χ2v) is 11.7. The van der Waals surface area contributed by atoms with Gasteiger partial charge in [-0.15, -0.1) is 0 Å². The fraction of sp³-hybridized carbons (Fsp3) is 0. The molecule has 5 heteroatoms. The van der Waals surface area contributed by atoms with E-state index in [0.717, 1.165) is 49.4 Å². The molecule has 5 nitrogen and oxygen atoms in total. The highest BCUT2D eigenvalue weighted by molar-refractivity contribution is 6.15. The molecule has 3 aromatic heterocycles. The van der Waals surface area contributed by atoms with Gasteiger partial charge in [-0.3, -0.25) is 0 Å². The van der Waals surface area contributed by atoms with E-state index in [1.54, 1.807) is 12.1 Å². The molecular formula is C45H28N4O. The topological polar surface area (TPSA) is 56.7 Å². The zero-order chi connectivity index (χ0) is 41.7. The Morgan fingerprint density at radius 1 is 0.440 bits per heavy atom. The van der Waals surface area contributed by atoms with E-state index in [0.29, 0.717) is 16.7 Å². The van der Waals surface area contributed by atoms with Gasteiger partial charge in [-0.2, -0.15) is 0 Å². The van der Waals surface area contributed by atoms with Crippen molar-refractivity contribution in [1.82, 2.24) is 19.5 Å². The van der Waals surface area contributed by atoms with E-state index in [1.165, 1.54) is 0 Å². The molecule has 0 saturated heterocycles. The fourth-order valence-corrected chi connectivity index (χ4v) is 6.63. The van der Waals surface area contributed by atoms with Crippen LogP contribution in [0.5, 0.6) is 0 Å². The summed E-state index contributed by atoms with van der Waals surface area (Å²) >= 11 is 0. The van der Waals surface area contributed by atoms with Crippen molar-refractivity contribution >= 4 is 43.7 Å². The van der Waals surface area contributed by atoms with Gasteiger partial charge in [0.1, 0.15) is 11.2 Å². The van der Waals surface area contributed by atoms with Crippen molar-refractivity contribution in [3.05, 3.63) is 170 Å². The summed E-state index contributed by atoms with van der Waals surface area (Å²) in [6.07, 6.45) is 0. The van der Waals surface area contributed by atoms with Crippen LogP contribution in [0.2, 0.25) is 0 Å². The first-order valence-electron chi connectivity index (χ1n) is 20.9. The molecular weight excluding hydrogens is 613 g/mol. The van der Waals surface area contributed by atoms with Crippen molar-refractivity contribution in [2.24, 2.45) is 0 Å². The maximum absolute atomic E-state index is 8.66. The van der Waals surface area contributed by atoms with Crippen molar-refractivity contribution in [2.75, 3.05) is 0 Å². The molecule has 50 heavy (non-hydrogen) atoms. The summed E-state index contributed by atoms with van der Waals surface area (Å²) in [4.78, 5) is 13.6. The number of benzene rings is 7. The normalized spacial score (nSPS) is 14.4. The third-order valence-electron chi connectivity index (χ3n) is 8.84. The van der Waals surface area contributed by atoms with Gasteiger partial charge in [0, 0.05) is 32.8 Å². The van der Waals surface area contributed by atoms with Crippen molar-refractivity contribution in [1.29, 1.82) is 0 Å². The standard InChI is InChI=1S/C45H28N4O/c1-4-13-29(14-5-1)32-23-25-35-34-19-10-11-20-37(34)49(39(35)27-32)38-21-12-22-40-42(38)36-26-24-33(28-41(36)50-40)45-47-43(30-15-6-2-7-16-30)46-44(48-45)31-17-8-3-9-18-31/h1-28H/i2D,3D,6D,7D,8D,9D,15D,16D,17D,18D. The average molecular weight is 651 g/mol. The number of aromatic nitrogens is 4. The zero-order valence-corrected chi connectivity index (χ0v) is 26.1. The van der Waals surface area contributed by atoms with Gasteiger partial charge in [0.05, 0.1) is 35.8 Å². The summed E-state index contributed by atoms with van der Waals surface area (Å²) in [6, 6.07) is 30.2. The maximum Gasteiger partial charge on any atom is 0.164 e. The van der Waals surface area contributed by atoms with Crippen LogP contribution in [0.15, 0.2) is 174 Å². The van der Waals surface area contributed by atoms with Crippen LogP contribution in [0.25, 0.3) is 94.7 Å². The molecule has 0 aliphatic carbocycles. The number of fused-ring (bicyclic) bond motifs is 6. The minimum absolute atomic E-state index is 0.0490. The number of hydrogen-bond acceptors (Lipinski definition) is 4. The predicted molar refractivity (Wildman–Crippen MR) is 203 cm³/mol. The first-order valence-corrected chi connectivity index (χ1v) is 15.9. The molecule has 0 saturated carbocycles. The molecule has 10 aromatic rings. The third kappa shape index (κ3) is 4.60. The van der Waals surface area contributed by atoms with E-state index < -0.39 is 60.4 Å². The molecule has 234 valence electrons. The highest BCUT2D eigenvalue weighted by Crippen LogP contribution is 2.40. The summed E-state index contributed by atoms with van der Waals surface area (Å²) < 4.78 is 92.8. The second-order valence-electron chi connectivity index (χ2n) is 11.7. The number of hydrogen-bond donors (Lipinski definition) is 0. The van der Waals surface area contributed by atoms with Crippen LogP contribution in [-0.4, -0.2) is 19.5 Å². The molecule has 3 heterocycles. The Bertz CT molecular complexity index is 3310. The third-order valence-corrected chi connectivity index (χ3v) is 8.84. The van der Waals surface area contributed by atoms with E-state index in [-0.39, 0.29) is 28.6 Å². The summed E-state index contributed by atoms with van der Waals surface area (Å²) in [5, 5.41) is 3.82. The van der Waals surface area contributed by atoms with Crippen molar-refractivity contribution in [3.63, 3.8) is 0 Å².